The third-order valence-electron chi connectivity index (χ3n) is 1.33. The van der Waals surface area contributed by atoms with Gasteiger partial charge in [0.15, 0.2) is 0 Å². The molecular formula is C6H7NO. The van der Waals surface area contributed by atoms with Crippen molar-refractivity contribution in [1.29, 1.82) is 0 Å². The summed E-state index contributed by atoms with van der Waals surface area (Å²) in [5.41, 5.74) is 1.27. The highest BCUT2D eigenvalue weighted by Crippen LogP contribution is 2.28. The average molecular weight is 109 g/mol. The van der Waals surface area contributed by atoms with Crippen molar-refractivity contribution in [1.82, 2.24) is 4.98 Å². The van der Waals surface area contributed by atoms with E-state index in [9.17, 15) is 0 Å². The summed E-state index contributed by atoms with van der Waals surface area (Å²) in [4.78, 5) is 2.97. The van der Waals surface area contributed by atoms with Crippen molar-refractivity contribution < 1.29 is 4.74 Å². The number of epoxide rings is 1. The lowest BCUT2D eigenvalue weighted by Crippen LogP contribution is -1.69. The maximum atomic E-state index is 5.03. The van der Waals surface area contributed by atoms with Crippen LogP contribution in [0.5, 0.6) is 0 Å². The molecule has 2 rings (SSSR count). The molecule has 0 saturated carbocycles. The first kappa shape index (κ1) is 4.15. The summed E-state index contributed by atoms with van der Waals surface area (Å²) in [7, 11) is 0. The molecule has 1 aromatic rings. The Kier molecular flexibility index (Phi) is 0.704. The molecule has 1 saturated heterocycles. The minimum atomic E-state index is 0.404. The minimum Gasteiger partial charge on any atom is -0.368 e. The van der Waals surface area contributed by atoms with E-state index < -0.39 is 0 Å². The van der Waals surface area contributed by atoms with Crippen molar-refractivity contribution in [3.63, 3.8) is 0 Å². The van der Waals surface area contributed by atoms with E-state index in [1.54, 1.807) is 0 Å². The third kappa shape index (κ3) is 0.537. The van der Waals surface area contributed by atoms with E-state index in [1.807, 2.05) is 18.5 Å². The SMILES string of the molecule is c1cc([C@@H]2CO2)c[nH]1. The van der Waals surface area contributed by atoms with E-state index in [4.69, 9.17) is 4.74 Å². The van der Waals surface area contributed by atoms with Gasteiger partial charge in [-0.25, -0.2) is 0 Å². The molecule has 0 spiro atoms. The molecule has 8 heavy (non-hydrogen) atoms. The number of aromatic amines is 1. The van der Waals surface area contributed by atoms with E-state index >= 15 is 0 Å². The molecule has 2 heterocycles. The first-order chi connectivity index (χ1) is 3.97. The Labute approximate surface area is 47.5 Å². The van der Waals surface area contributed by atoms with Crippen molar-refractivity contribution >= 4 is 0 Å². The molecule has 1 fully saturated rings. The van der Waals surface area contributed by atoms with Crippen molar-refractivity contribution in [2.24, 2.45) is 0 Å². The van der Waals surface area contributed by atoms with Gasteiger partial charge < -0.3 is 9.72 Å². The normalized spacial score (nSPS) is 25.8. The summed E-state index contributed by atoms with van der Waals surface area (Å²) < 4.78 is 5.03. The average Bonchev–Trinajstić information content (AvgIpc) is 2.49. The second-order valence-corrected chi connectivity index (χ2v) is 1.97. The molecule has 1 atom stereocenters. The van der Waals surface area contributed by atoms with Crippen LogP contribution in [0, 0.1) is 0 Å². The molecule has 0 aliphatic carbocycles. The molecule has 0 aromatic carbocycles. The fourth-order valence-corrected chi connectivity index (χ4v) is 0.778. The van der Waals surface area contributed by atoms with Gasteiger partial charge in [-0.1, -0.05) is 0 Å². The highest BCUT2D eigenvalue weighted by atomic mass is 16.6. The van der Waals surface area contributed by atoms with E-state index in [0.29, 0.717) is 6.10 Å². The number of H-pyrrole nitrogens is 1. The Morgan fingerprint density at radius 1 is 1.75 bits per heavy atom. The smallest absolute Gasteiger partial charge is 0.107 e. The number of hydrogen-bond donors (Lipinski definition) is 1. The molecular weight excluding hydrogens is 102 g/mol. The molecule has 0 bridgehead atoms. The molecule has 42 valence electrons. The number of ether oxygens (including phenoxy) is 1. The van der Waals surface area contributed by atoms with Gasteiger partial charge in [0.1, 0.15) is 6.10 Å². The molecule has 2 heteroatoms. The van der Waals surface area contributed by atoms with Gasteiger partial charge in [0.2, 0.25) is 0 Å². The van der Waals surface area contributed by atoms with Crippen LogP contribution < -0.4 is 0 Å². The summed E-state index contributed by atoms with van der Waals surface area (Å²) >= 11 is 0. The maximum Gasteiger partial charge on any atom is 0.107 e. The van der Waals surface area contributed by atoms with Crippen LogP contribution >= 0.6 is 0 Å². The van der Waals surface area contributed by atoms with Gasteiger partial charge in [-0.2, -0.15) is 0 Å². The van der Waals surface area contributed by atoms with Gasteiger partial charge >= 0.3 is 0 Å². The predicted molar refractivity (Wildman–Crippen MR) is 29.5 cm³/mol. The Hall–Kier alpha value is -0.760. The van der Waals surface area contributed by atoms with Crippen molar-refractivity contribution in [2.45, 2.75) is 6.10 Å². The molecule has 0 radical (unpaired) electrons. The second kappa shape index (κ2) is 1.36. The summed E-state index contributed by atoms with van der Waals surface area (Å²) in [6.07, 6.45) is 4.29. The molecule has 1 aliphatic heterocycles. The van der Waals surface area contributed by atoms with Crippen LogP contribution in [0.4, 0.5) is 0 Å². The van der Waals surface area contributed by atoms with Crippen molar-refractivity contribution in [3.8, 4) is 0 Å². The second-order valence-electron chi connectivity index (χ2n) is 1.97. The summed E-state index contributed by atoms with van der Waals surface area (Å²) in [6.45, 7) is 0.901. The fraction of sp³-hybridized carbons (Fsp3) is 0.333. The number of aromatic nitrogens is 1. The zero-order valence-corrected chi connectivity index (χ0v) is 4.42. The summed E-state index contributed by atoms with van der Waals surface area (Å²) in [5, 5.41) is 0. The van der Waals surface area contributed by atoms with Crippen molar-refractivity contribution in [3.05, 3.63) is 24.0 Å². The van der Waals surface area contributed by atoms with Crippen LogP contribution in [0.1, 0.15) is 11.7 Å². The standard InChI is InChI=1S/C6H7NO/c1-2-7-3-5(1)6-4-8-6/h1-3,6-7H,4H2/t6-/m0/s1. The molecule has 1 N–H and O–H groups in total. The molecule has 1 aliphatic rings. The predicted octanol–water partition coefficient (Wildman–Crippen LogP) is 1.09. The zero-order chi connectivity index (χ0) is 5.40. The first-order valence-corrected chi connectivity index (χ1v) is 2.71. The van der Waals surface area contributed by atoms with E-state index in [2.05, 4.69) is 4.98 Å². The lowest BCUT2D eigenvalue weighted by atomic mass is 10.3. The van der Waals surface area contributed by atoms with Gasteiger partial charge in [-0.3, -0.25) is 0 Å². The Bertz CT molecular complexity index is 165. The Morgan fingerprint density at radius 3 is 3.12 bits per heavy atom. The van der Waals surface area contributed by atoms with Gasteiger partial charge in [0, 0.05) is 18.0 Å². The molecule has 2 nitrogen and oxygen atoms in total. The van der Waals surface area contributed by atoms with Gasteiger partial charge in [0.25, 0.3) is 0 Å². The highest BCUT2D eigenvalue weighted by Gasteiger charge is 2.24. The van der Waals surface area contributed by atoms with Gasteiger partial charge in [-0.15, -0.1) is 0 Å². The lowest BCUT2D eigenvalue weighted by molar-refractivity contribution is 0.416. The van der Waals surface area contributed by atoms with E-state index in [-0.39, 0.29) is 0 Å². The number of rotatable bonds is 1. The fourth-order valence-electron chi connectivity index (χ4n) is 0.778. The van der Waals surface area contributed by atoms with Crippen LogP contribution in [0.25, 0.3) is 0 Å². The number of nitrogens with one attached hydrogen (secondary N) is 1. The molecule has 0 unspecified atom stereocenters. The molecule has 0 amide bonds. The Balaban J connectivity index is 2.28. The van der Waals surface area contributed by atoms with Crippen LogP contribution in [0.2, 0.25) is 0 Å². The van der Waals surface area contributed by atoms with Gasteiger partial charge in [0.05, 0.1) is 6.61 Å². The van der Waals surface area contributed by atoms with Crippen LogP contribution in [-0.2, 0) is 4.74 Å². The zero-order valence-electron chi connectivity index (χ0n) is 4.42. The van der Waals surface area contributed by atoms with Gasteiger partial charge in [-0.05, 0) is 6.07 Å². The largest absolute Gasteiger partial charge is 0.368 e. The Morgan fingerprint density at radius 2 is 2.62 bits per heavy atom. The monoisotopic (exact) mass is 109 g/mol. The minimum absolute atomic E-state index is 0.404. The maximum absolute atomic E-state index is 5.03. The van der Waals surface area contributed by atoms with Crippen molar-refractivity contribution in [2.75, 3.05) is 6.61 Å². The number of hydrogen-bond acceptors (Lipinski definition) is 1. The lowest BCUT2D eigenvalue weighted by Gasteiger charge is -1.79. The van der Waals surface area contributed by atoms with E-state index in [0.717, 1.165) is 6.61 Å². The quantitative estimate of drug-likeness (QED) is 0.537. The van der Waals surface area contributed by atoms with Crippen LogP contribution in [-0.4, -0.2) is 11.6 Å². The topological polar surface area (TPSA) is 28.3 Å². The third-order valence-corrected chi connectivity index (χ3v) is 1.33. The van der Waals surface area contributed by atoms with E-state index in [1.165, 1.54) is 5.56 Å². The van der Waals surface area contributed by atoms with Crippen LogP contribution in [0.15, 0.2) is 18.5 Å². The first-order valence-electron chi connectivity index (χ1n) is 2.71. The highest BCUT2D eigenvalue weighted by molar-refractivity contribution is 5.15. The molecule has 1 aromatic heterocycles. The van der Waals surface area contributed by atoms with Crippen LogP contribution in [0.3, 0.4) is 0 Å². The summed E-state index contributed by atoms with van der Waals surface area (Å²) in [6, 6.07) is 2.04. The summed E-state index contributed by atoms with van der Waals surface area (Å²) in [5.74, 6) is 0.